The molecule has 0 unspecified atom stereocenters. The van der Waals surface area contributed by atoms with Crippen LogP contribution in [0.5, 0.6) is 0 Å². The molecule has 23 heavy (non-hydrogen) atoms. The summed E-state index contributed by atoms with van der Waals surface area (Å²) in [6, 6.07) is 12.3. The molecule has 0 amide bonds. The number of benzene rings is 1. The summed E-state index contributed by atoms with van der Waals surface area (Å²) < 4.78 is 2.14. The number of hydrogen-bond donors (Lipinski definition) is 0. The standard InChI is InChI=1S/C19H18ClN3/c1-3-13(2)16-5-4-12-23-17(16)21-22-18(23)19(10-11-19)14-6-8-15(20)9-7-14/h3-9,12H,10-11H2,1-2H3/b13-3-. The van der Waals surface area contributed by atoms with Gasteiger partial charge in [0.05, 0.1) is 5.41 Å². The minimum atomic E-state index is -0.0214. The van der Waals surface area contributed by atoms with Gasteiger partial charge in [0.2, 0.25) is 0 Å². The minimum absolute atomic E-state index is 0.0214. The van der Waals surface area contributed by atoms with Crippen LogP contribution in [0.4, 0.5) is 0 Å². The van der Waals surface area contributed by atoms with E-state index in [1.54, 1.807) is 0 Å². The van der Waals surface area contributed by atoms with Crippen LogP contribution in [0.3, 0.4) is 0 Å². The average Bonchev–Trinajstić information content (AvgIpc) is 3.26. The monoisotopic (exact) mass is 323 g/mol. The average molecular weight is 324 g/mol. The molecule has 1 aromatic carbocycles. The van der Waals surface area contributed by atoms with Gasteiger partial charge in [-0.3, -0.25) is 4.40 Å². The lowest BCUT2D eigenvalue weighted by atomic mass is 9.95. The van der Waals surface area contributed by atoms with Crippen molar-refractivity contribution in [3.05, 3.63) is 70.6 Å². The zero-order valence-electron chi connectivity index (χ0n) is 13.3. The molecule has 1 aliphatic carbocycles. The van der Waals surface area contributed by atoms with Crippen LogP contribution in [-0.2, 0) is 5.41 Å². The molecule has 1 fully saturated rings. The topological polar surface area (TPSA) is 30.2 Å². The third-order valence-electron chi connectivity index (χ3n) is 4.87. The van der Waals surface area contributed by atoms with Crippen LogP contribution in [0.2, 0.25) is 5.02 Å². The molecule has 3 nitrogen and oxygen atoms in total. The van der Waals surface area contributed by atoms with Crippen molar-refractivity contribution in [2.75, 3.05) is 0 Å². The summed E-state index contributed by atoms with van der Waals surface area (Å²) in [5.74, 6) is 1.03. The zero-order chi connectivity index (χ0) is 16.0. The lowest BCUT2D eigenvalue weighted by Gasteiger charge is -2.14. The van der Waals surface area contributed by atoms with Crippen molar-refractivity contribution in [3.8, 4) is 0 Å². The van der Waals surface area contributed by atoms with Gasteiger partial charge in [0.1, 0.15) is 5.82 Å². The van der Waals surface area contributed by atoms with Gasteiger partial charge in [0.15, 0.2) is 5.65 Å². The molecule has 3 aromatic rings. The van der Waals surface area contributed by atoms with Gasteiger partial charge in [-0.2, -0.15) is 0 Å². The Balaban J connectivity index is 1.89. The van der Waals surface area contributed by atoms with Crippen LogP contribution in [-0.4, -0.2) is 14.6 Å². The first-order valence-corrected chi connectivity index (χ1v) is 8.27. The van der Waals surface area contributed by atoms with E-state index in [0.29, 0.717) is 0 Å². The second-order valence-electron chi connectivity index (χ2n) is 6.20. The van der Waals surface area contributed by atoms with Crippen molar-refractivity contribution in [1.82, 2.24) is 14.6 Å². The first kappa shape index (κ1) is 14.5. The van der Waals surface area contributed by atoms with Crippen LogP contribution in [0, 0.1) is 0 Å². The predicted molar refractivity (Wildman–Crippen MR) is 93.8 cm³/mol. The summed E-state index contributed by atoms with van der Waals surface area (Å²) in [6.45, 7) is 4.15. The third kappa shape index (κ3) is 2.19. The van der Waals surface area contributed by atoms with Crippen LogP contribution >= 0.6 is 11.6 Å². The lowest BCUT2D eigenvalue weighted by Crippen LogP contribution is -2.13. The minimum Gasteiger partial charge on any atom is -0.285 e. The highest BCUT2D eigenvalue weighted by Gasteiger charge is 2.49. The molecule has 0 saturated heterocycles. The number of pyridine rings is 1. The molecule has 2 heterocycles. The van der Waals surface area contributed by atoms with E-state index in [-0.39, 0.29) is 5.41 Å². The summed E-state index contributed by atoms with van der Waals surface area (Å²) >= 11 is 6.03. The number of rotatable bonds is 3. The second kappa shape index (κ2) is 5.20. The SMILES string of the molecule is C/C=C(/C)c1cccn2c(C3(c4ccc(Cl)cc4)CC3)nnc12. The molecule has 0 spiro atoms. The molecule has 2 aromatic heterocycles. The molecule has 0 radical (unpaired) electrons. The van der Waals surface area contributed by atoms with Crippen LogP contribution in [0.1, 0.15) is 43.6 Å². The normalized spacial score (nSPS) is 16.7. The number of allylic oxidation sites excluding steroid dienone is 2. The van der Waals surface area contributed by atoms with Gasteiger partial charge in [0.25, 0.3) is 0 Å². The Morgan fingerprint density at radius 3 is 2.57 bits per heavy atom. The maximum absolute atomic E-state index is 6.03. The fraction of sp³-hybridized carbons (Fsp3) is 0.263. The quantitative estimate of drug-likeness (QED) is 0.687. The van der Waals surface area contributed by atoms with Crippen LogP contribution in [0.15, 0.2) is 48.7 Å². The Morgan fingerprint density at radius 2 is 1.91 bits per heavy atom. The maximum atomic E-state index is 6.03. The molecule has 116 valence electrons. The highest BCUT2D eigenvalue weighted by molar-refractivity contribution is 6.30. The van der Waals surface area contributed by atoms with Crippen molar-refractivity contribution in [1.29, 1.82) is 0 Å². The van der Waals surface area contributed by atoms with Crippen molar-refractivity contribution >= 4 is 22.8 Å². The Bertz CT molecular complexity index is 902. The Labute approximate surface area is 140 Å². The molecule has 4 rings (SSSR count). The first-order chi connectivity index (χ1) is 11.2. The molecule has 1 aliphatic rings. The second-order valence-corrected chi connectivity index (χ2v) is 6.64. The van der Waals surface area contributed by atoms with Crippen molar-refractivity contribution in [2.24, 2.45) is 0 Å². The van der Waals surface area contributed by atoms with Gasteiger partial charge < -0.3 is 0 Å². The smallest absolute Gasteiger partial charge is 0.168 e. The summed E-state index contributed by atoms with van der Waals surface area (Å²) in [4.78, 5) is 0. The Morgan fingerprint density at radius 1 is 1.17 bits per heavy atom. The van der Waals surface area contributed by atoms with Gasteiger partial charge in [-0.1, -0.05) is 29.8 Å². The summed E-state index contributed by atoms with van der Waals surface area (Å²) in [6.07, 6.45) is 6.37. The molecule has 0 atom stereocenters. The predicted octanol–water partition coefficient (Wildman–Crippen LogP) is 4.89. The van der Waals surface area contributed by atoms with E-state index in [2.05, 4.69) is 58.1 Å². The van der Waals surface area contributed by atoms with Crippen molar-refractivity contribution < 1.29 is 0 Å². The van der Waals surface area contributed by atoms with Crippen LogP contribution in [0.25, 0.3) is 11.2 Å². The molecule has 0 N–H and O–H groups in total. The maximum Gasteiger partial charge on any atom is 0.168 e. The van der Waals surface area contributed by atoms with Gasteiger partial charge in [-0.25, -0.2) is 0 Å². The first-order valence-electron chi connectivity index (χ1n) is 7.89. The van der Waals surface area contributed by atoms with E-state index < -0.39 is 0 Å². The van der Waals surface area contributed by atoms with E-state index in [1.165, 1.54) is 11.1 Å². The van der Waals surface area contributed by atoms with E-state index in [0.717, 1.165) is 34.9 Å². The number of aromatic nitrogens is 3. The Kier molecular flexibility index (Phi) is 3.27. The fourth-order valence-electron chi connectivity index (χ4n) is 3.24. The lowest BCUT2D eigenvalue weighted by molar-refractivity contribution is 0.740. The molecule has 1 saturated carbocycles. The summed E-state index contributed by atoms with van der Waals surface area (Å²) in [7, 11) is 0. The number of nitrogens with zero attached hydrogens (tertiary/aromatic N) is 3. The molecule has 0 bridgehead atoms. The number of hydrogen-bond acceptors (Lipinski definition) is 2. The van der Waals surface area contributed by atoms with Gasteiger partial charge in [0, 0.05) is 16.8 Å². The van der Waals surface area contributed by atoms with E-state index in [1.807, 2.05) is 19.1 Å². The van der Waals surface area contributed by atoms with Gasteiger partial charge in [-0.15, -0.1) is 10.2 Å². The van der Waals surface area contributed by atoms with E-state index >= 15 is 0 Å². The van der Waals surface area contributed by atoms with Gasteiger partial charge >= 0.3 is 0 Å². The van der Waals surface area contributed by atoms with E-state index in [4.69, 9.17) is 11.6 Å². The molecular weight excluding hydrogens is 306 g/mol. The number of halogens is 1. The third-order valence-corrected chi connectivity index (χ3v) is 5.12. The van der Waals surface area contributed by atoms with Crippen LogP contribution < -0.4 is 0 Å². The summed E-state index contributed by atoms with van der Waals surface area (Å²) in [5, 5.41) is 9.81. The summed E-state index contributed by atoms with van der Waals surface area (Å²) in [5.41, 5.74) is 4.53. The molecule has 4 heteroatoms. The Hall–Kier alpha value is -2.13. The van der Waals surface area contributed by atoms with Gasteiger partial charge in [-0.05, 0) is 62.1 Å². The highest BCUT2D eigenvalue weighted by Crippen LogP contribution is 2.52. The zero-order valence-corrected chi connectivity index (χ0v) is 14.0. The number of fused-ring (bicyclic) bond motifs is 1. The van der Waals surface area contributed by atoms with Crippen molar-refractivity contribution in [3.63, 3.8) is 0 Å². The molecule has 0 aliphatic heterocycles. The fourth-order valence-corrected chi connectivity index (χ4v) is 3.37. The van der Waals surface area contributed by atoms with E-state index in [9.17, 15) is 0 Å². The van der Waals surface area contributed by atoms with Crippen molar-refractivity contribution in [2.45, 2.75) is 32.1 Å². The molecular formula is C19H18ClN3. The largest absolute Gasteiger partial charge is 0.285 e. The highest BCUT2D eigenvalue weighted by atomic mass is 35.5.